The number of nitrogens with one attached hydrogen (secondary N) is 9. The first-order valence-electron chi connectivity index (χ1n) is 28.2. The van der Waals surface area contributed by atoms with Crippen LogP contribution in [0.25, 0.3) is 0 Å². The Kier molecular flexibility index (Phi) is 26.4. The third kappa shape index (κ3) is 21.2. The van der Waals surface area contributed by atoms with Gasteiger partial charge in [0.2, 0.25) is 70.9 Å². The molecular formula is C57H85N13O12. The molecule has 2 aromatic rings. The third-order valence-corrected chi connectivity index (χ3v) is 14.0. The average molecular weight is 1140 g/mol. The van der Waals surface area contributed by atoms with Crippen LogP contribution < -0.4 is 65.1 Å². The monoisotopic (exact) mass is 1140 g/mol. The van der Waals surface area contributed by atoms with E-state index in [0.717, 1.165) is 0 Å². The molecule has 0 aliphatic carbocycles. The maximum Gasteiger partial charge on any atom is 0.246 e. The molecule has 0 aromatic heterocycles. The summed E-state index contributed by atoms with van der Waals surface area (Å²) in [6.45, 7) is 11.9. The van der Waals surface area contributed by atoms with Crippen LogP contribution in [0.2, 0.25) is 0 Å². The number of hydrogen-bond donors (Lipinski definition) is 12. The Bertz CT molecular complexity index is 2570. The predicted molar refractivity (Wildman–Crippen MR) is 302 cm³/mol. The highest BCUT2D eigenvalue weighted by Crippen LogP contribution is 2.22. The van der Waals surface area contributed by atoms with Crippen LogP contribution >= 0.6 is 0 Å². The summed E-state index contributed by atoms with van der Waals surface area (Å²) in [5.41, 5.74) is 18.1. The Balaban J connectivity index is 1.85. The SMILES string of the molecule is CC(C)C[C@@H]1NC(=O)[C@@H](Cc2ccccc2)NC(=O)[C@@H]2CCCN2C(=O)[C@H](Cc2ccccc2)NC(=O)[C@@H](CC(C)C)NC(=O)[C@H](CC(N)=O)NC(=O)[C@H](CCC(N)=O)NC(=O)[C@H](C)NC(=O)[C@H](C(C)C)NC(=O)[C@H](CCCN)NC1=O. The van der Waals surface area contributed by atoms with Gasteiger partial charge in [-0.3, -0.25) is 57.5 Å². The summed E-state index contributed by atoms with van der Waals surface area (Å²) < 4.78 is 0. The molecular weight excluding hydrogens is 1060 g/mol. The van der Waals surface area contributed by atoms with Gasteiger partial charge in [0, 0.05) is 25.8 Å². The summed E-state index contributed by atoms with van der Waals surface area (Å²) in [4.78, 5) is 169. The van der Waals surface area contributed by atoms with Crippen LogP contribution in [0.4, 0.5) is 0 Å². The van der Waals surface area contributed by atoms with Gasteiger partial charge in [-0.15, -0.1) is 0 Å². The largest absolute Gasteiger partial charge is 0.370 e. The molecule has 15 N–H and O–H groups in total. The fraction of sp³-hybridized carbons (Fsp3) is 0.579. The molecule has 2 fully saturated rings. The molecule has 2 aliphatic rings. The molecule has 0 spiro atoms. The maximum atomic E-state index is 14.9. The fourth-order valence-electron chi connectivity index (χ4n) is 9.66. The van der Waals surface area contributed by atoms with Crippen molar-refractivity contribution in [2.45, 2.75) is 180 Å². The van der Waals surface area contributed by atoms with E-state index in [4.69, 9.17) is 17.2 Å². The second-order valence-electron chi connectivity index (χ2n) is 22.3. The summed E-state index contributed by atoms with van der Waals surface area (Å²) in [6, 6.07) is 3.78. The van der Waals surface area contributed by atoms with Gasteiger partial charge in [-0.1, -0.05) is 102 Å². The van der Waals surface area contributed by atoms with Gasteiger partial charge in [-0.2, -0.15) is 0 Å². The van der Waals surface area contributed by atoms with Gasteiger partial charge in [-0.05, 0) is 87.3 Å². The number of nitrogens with zero attached hydrogens (tertiary/aromatic N) is 1. The van der Waals surface area contributed by atoms with Crippen molar-refractivity contribution in [3.8, 4) is 0 Å². The number of carbonyl (C=O) groups is 12. The fourth-order valence-corrected chi connectivity index (χ4v) is 9.66. The van der Waals surface area contributed by atoms with Crippen molar-refractivity contribution >= 4 is 70.9 Å². The van der Waals surface area contributed by atoms with Gasteiger partial charge in [-0.25, -0.2) is 0 Å². The average Bonchev–Trinajstić information content (AvgIpc) is 4.15. The van der Waals surface area contributed by atoms with E-state index in [-0.39, 0.29) is 69.9 Å². The van der Waals surface area contributed by atoms with Crippen molar-refractivity contribution in [1.82, 2.24) is 52.8 Å². The van der Waals surface area contributed by atoms with E-state index in [1.54, 1.807) is 88.4 Å². The van der Waals surface area contributed by atoms with Crippen molar-refractivity contribution in [2.24, 2.45) is 35.0 Å². The molecule has 450 valence electrons. The van der Waals surface area contributed by atoms with E-state index < -0.39 is 156 Å². The molecule has 2 aliphatic heterocycles. The van der Waals surface area contributed by atoms with E-state index in [9.17, 15) is 57.5 Å². The zero-order valence-corrected chi connectivity index (χ0v) is 48.0. The molecule has 2 saturated heterocycles. The van der Waals surface area contributed by atoms with Crippen LogP contribution in [0.1, 0.15) is 117 Å². The Morgan fingerprint density at radius 2 is 0.951 bits per heavy atom. The molecule has 25 heteroatoms. The van der Waals surface area contributed by atoms with Crippen molar-refractivity contribution in [1.29, 1.82) is 0 Å². The van der Waals surface area contributed by atoms with Crippen molar-refractivity contribution < 1.29 is 57.5 Å². The van der Waals surface area contributed by atoms with Gasteiger partial charge >= 0.3 is 0 Å². The lowest BCUT2D eigenvalue weighted by atomic mass is 9.99. The van der Waals surface area contributed by atoms with Crippen LogP contribution in [-0.2, 0) is 70.4 Å². The summed E-state index contributed by atoms with van der Waals surface area (Å²) in [5.74, 6) is -11.3. The lowest BCUT2D eigenvalue weighted by Gasteiger charge is -2.32. The van der Waals surface area contributed by atoms with E-state index in [1.807, 2.05) is 13.8 Å². The molecule has 82 heavy (non-hydrogen) atoms. The van der Waals surface area contributed by atoms with Crippen molar-refractivity contribution in [2.75, 3.05) is 13.1 Å². The molecule has 0 radical (unpaired) electrons. The topological polar surface area (TPSA) is 394 Å². The Morgan fingerprint density at radius 3 is 1.46 bits per heavy atom. The molecule has 25 nitrogen and oxygen atoms in total. The summed E-state index contributed by atoms with van der Waals surface area (Å²) in [6.07, 6.45) is -0.879. The number of hydrogen-bond acceptors (Lipinski definition) is 13. The normalized spacial score (nSPS) is 25.6. The Hall–Kier alpha value is -7.96. The van der Waals surface area contributed by atoms with E-state index in [2.05, 4.69) is 47.9 Å². The highest BCUT2D eigenvalue weighted by atomic mass is 16.2. The highest BCUT2D eigenvalue weighted by molar-refractivity contribution is 6.00. The van der Waals surface area contributed by atoms with Crippen LogP contribution in [0.5, 0.6) is 0 Å². The first kappa shape index (κ1) is 66.6. The van der Waals surface area contributed by atoms with E-state index in [1.165, 1.54) is 11.8 Å². The molecule has 4 rings (SSSR count). The zero-order chi connectivity index (χ0) is 60.8. The molecule has 2 heterocycles. The number of rotatable bonds is 17. The molecule has 0 bridgehead atoms. The van der Waals surface area contributed by atoms with Crippen molar-refractivity contribution in [3.05, 3.63) is 71.8 Å². The molecule has 0 unspecified atom stereocenters. The smallest absolute Gasteiger partial charge is 0.246 e. The molecule has 10 atom stereocenters. The molecule has 2 aromatic carbocycles. The minimum atomic E-state index is -1.76. The minimum absolute atomic E-state index is 0.0100. The Morgan fingerprint density at radius 1 is 0.512 bits per heavy atom. The highest BCUT2D eigenvalue weighted by Gasteiger charge is 2.41. The Labute approximate surface area is 479 Å². The minimum Gasteiger partial charge on any atom is -0.370 e. The number of carbonyl (C=O) groups excluding carboxylic acids is 12. The number of nitrogens with two attached hydrogens (primary N) is 3. The number of amides is 12. The predicted octanol–water partition coefficient (Wildman–Crippen LogP) is -1.51. The van der Waals surface area contributed by atoms with Gasteiger partial charge < -0.3 is 70.0 Å². The first-order chi connectivity index (χ1) is 38.8. The van der Waals surface area contributed by atoms with Crippen LogP contribution in [-0.4, -0.2) is 149 Å². The lowest BCUT2D eigenvalue weighted by Crippen LogP contribution is -2.62. The second kappa shape index (κ2) is 32.5. The van der Waals surface area contributed by atoms with Crippen LogP contribution in [0.15, 0.2) is 60.7 Å². The standard InChI is InChI=1S/C57H85N13O12/c1-31(2)26-39-51(76)63-37(20-14-24-58)50(75)69-47(33(5)6)56(81)61-34(7)48(73)62-38(22-23-45(59)71)49(74)66-42(30-46(60)72)54(79)65-40(27-32(3)4)52(77)68-43(29-36-18-12-9-13-19-36)57(82)70-25-15-21-44(70)55(80)67-41(53(78)64-39)28-35-16-10-8-11-17-35/h8-13,16-19,31-34,37-44,47H,14-15,20-30,58H2,1-7H3,(H2,59,71)(H2,60,72)(H,61,81)(H,62,73)(H,63,76)(H,64,78)(H,65,79)(H,66,74)(H,67,80)(H,68,77)(H,69,75)/t34-,37-,38-,39-,40+,41+,42-,43-,44-,47-/m0/s1. The van der Waals surface area contributed by atoms with Crippen molar-refractivity contribution in [3.63, 3.8) is 0 Å². The molecule has 0 saturated carbocycles. The number of benzene rings is 2. The van der Waals surface area contributed by atoms with Crippen LogP contribution in [0.3, 0.4) is 0 Å². The quantitative estimate of drug-likeness (QED) is 0.0859. The lowest BCUT2D eigenvalue weighted by molar-refractivity contribution is -0.142. The molecule has 12 amide bonds. The zero-order valence-electron chi connectivity index (χ0n) is 48.0. The van der Waals surface area contributed by atoms with Gasteiger partial charge in [0.15, 0.2) is 0 Å². The van der Waals surface area contributed by atoms with Gasteiger partial charge in [0.25, 0.3) is 0 Å². The van der Waals surface area contributed by atoms with Crippen LogP contribution in [0, 0.1) is 17.8 Å². The second-order valence-corrected chi connectivity index (χ2v) is 22.3. The van der Waals surface area contributed by atoms with Gasteiger partial charge in [0.05, 0.1) is 6.42 Å². The maximum absolute atomic E-state index is 14.9. The number of primary amides is 2. The van der Waals surface area contributed by atoms with E-state index >= 15 is 0 Å². The summed E-state index contributed by atoms with van der Waals surface area (Å²) in [7, 11) is 0. The number of fused-ring (bicyclic) bond motifs is 1. The van der Waals surface area contributed by atoms with E-state index in [0.29, 0.717) is 17.5 Å². The third-order valence-electron chi connectivity index (χ3n) is 14.0. The first-order valence-corrected chi connectivity index (χ1v) is 28.2. The summed E-state index contributed by atoms with van der Waals surface area (Å²) in [5, 5.41) is 23.8. The van der Waals surface area contributed by atoms with Gasteiger partial charge in [0.1, 0.15) is 60.4 Å². The summed E-state index contributed by atoms with van der Waals surface area (Å²) >= 11 is 0.